The second kappa shape index (κ2) is 9.01. The molecule has 60 valence electrons. The Morgan fingerprint density at radius 2 is 2.09 bits per heavy atom. The van der Waals surface area contributed by atoms with Crippen molar-refractivity contribution >= 4 is 0 Å². The summed E-state index contributed by atoms with van der Waals surface area (Å²) in [4.78, 5) is 0. The van der Waals surface area contributed by atoms with E-state index in [0.29, 0.717) is 0 Å². The first-order valence-corrected chi connectivity index (χ1v) is 4.20. The second-order valence-electron chi connectivity index (χ2n) is 2.49. The number of nitrogens with zero attached hydrogens (tertiary/aromatic N) is 1. The average molecular weight is 149 g/mol. The topological polar surface area (TPSA) is 23.8 Å². The van der Waals surface area contributed by atoms with E-state index in [0.717, 1.165) is 6.42 Å². The minimum absolute atomic E-state index is 1.05. The van der Waals surface area contributed by atoms with Gasteiger partial charge in [-0.25, -0.2) is 0 Å². The van der Waals surface area contributed by atoms with Crippen LogP contribution in [0.1, 0.15) is 39.0 Å². The molecule has 0 aliphatic heterocycles. The third-order valence-electron chi connectivity index (χ3n) is 1.47. The summed E-state index contributed by atoms with van der Waals surface area (Å²) in [6.07, 6.45) is 9.48. The normalized spacial score (nSPS) is 8.00. The molecule has 11 heavy (non-hydrogen) atoms. The van der Waals surface area contributed by atoms with Gasteiger partial charge in [-0.3, -0.25) is 0 Å². The molecule has 0 aliphatic rings. The Morgan fingerprint density at radius 1 is 1.27 bits per heavy atom. The molecule has 0 saturated carbocycles. The van der Waals surface area contributed by atoms with E-state index in [1.165, 1.54) is 31.8 Å². The van der Waals surface area contributed by atoms with Crippen LogP contribution in [0.25, 0.3) is 0 Å². The molecule has 0 aromatic heterocycles. The van der Waals surface area contributed by atoms with E-state index in [2.05, 4.69) is 12.7 Å². The zero-order valence-electron chi connectivity index (χ0n) is 7.14. The van der Waals surface area contributed by atoms with Crippen LogP contribution in [0.4, 0.5) is 0 Å². The molecule has 0 spiro atoms. The highest BCUT2D eigenvalue weighted by Crippen LogP contribution is 2.01. The molecule has 0 N–H and O–H groups in total. The standard InChI is InChI=1S/C10H15N/c1-2-3-4-5-6-7-8-9-10-11/h7,9H,2-6H2,1H3. The van der Waals surface area contributed by atoms with Gasteiger partial charge in [-0.15, -0.1) is 5.73 Å². The van der Waals surface area contributed by atoms with E-state index in [9.17, 15) is 0 Å². The van der Waals surface area contributed by atoms with Gasteiger partial charge in [0.1, 0.15) is 0 Å². The fourth-order valence-corrected chi connectivity index (χ4v) is 0.853. The molecule has 0 bridgehead atoms. The van der Waals surface area contributed by atoms with E-state index < -0.39 is 0 Å². The highest BCUT2D eigenvalue weighted by Gasteiger charge is 1.82. The molecule has 1 nitrogen and oxygen atoms in total. The predicted molar refractivity (Wildman–Crippen MR) is 47.0 cm³/mol. The fraction of sp³-hybridized carbons (Fsp3) is 0.600. The maximum atomic E-state index is 8.12. The molecule has 0 rings (SSSR count). The van der Waals surface area contributed by atoms with Gasteiger partial charge in [-0.05, 0) is 18.9 Å². The number of hydrogen-bond acceptors (Lipinski definition) is 1. The van der Waals surface area contributed by atoms with Crippen LogP contribution in [-0.4, -0.2) is 0 Å². The number of unbranched alkanes of at least 4 members (excludes halogenated alkanes) is 4. The quantitative estimate of drug-likeness (QED) is 0.334. The SMILES string of the molecule is CCCCCCC=C=CC#N. The predicted octanol–water partition coefficient (Wildman–Crippen LogP) is 3.19. The molecule has 0 radical (unpaired) electrons. The summed E-state index contributed by atoms with van der Waals surface area (Å²) in [5.74, 6) is 0. The van der Waals surface area contributed by atoms with Crippen molar-refractivity contribution in [1.82, 2.24) is 0 Å². The molecule has 1 heteroatoms. The zero-order valence-corrected chi connectivity index (χ0v) is 7.14. The highest BCUT2D eigenvalue weighted by molar-refractivity contribution is 5.01. The molecule has 0 amide bonds. The second-order valence-corrected chi connectivity index (χ2v) is 2.49. The van der Waals surface area contributed by atoms with Gasteiger partial charge in [-0.1, -0.05) is 26.2 Å². The third kappa shape index (κ3) is 9.01. The Labute approximate surface area is 69.0 Å². The maximum Gasteiger partial charge on any atom is 0.0996 e. The Kier molecular flexibility index (Phi) is 8.20. The van der Waals surface area contributed by atoms with Gasteiger partial charge in [0, 0.05) is 0 Å². The molecule has 0 aromatic rings. The van der Waals surface area contributed by atoms with Crippen molar-refractivity contribution in [3.63, 3.8) is 0 Å². The lowest BCUT2D eigenvalue weighted by molar-refractivity contribution is 0.675. The Bertz CT molecular complexity index is 168. The monoisotopic (exact) mass is 149 g/mol. The Morgan fingerprint density at radius 3 is 2.73 bits per heavy atom. The van der Waals surface area contributed by atoms with Crippen LogP contribution in [0.3, 0.4) is 0 Å². The fourth-order valence-electron chi connectivity index (χ4n) is 0.853. The maximum absolute atomic E-state index is 8.12. The summed E-state index contributed by atoms with van der Waals surface area (Å²) < 4.78 is 0. The largest absolute Gasteiger partial charge is 0.192 e. The average Bonchev–Trinajstić information content (AvgIpc) is 2.03. The van der Waals surface area contributed by atoms with Crippen LogP contribution < -0.4 is 0 Å². The van der Waals surface area contributed by atoms with Crippen LogP contribution >= 0.6 is 0 Å². The number of rotatable bonds is 5. The van der Waals surface area contributed by atoms with Crippen molar-refractivity contribution in [1.29, 1.82) is 5.26 Å². The molecule has 0 heterocycles. The van der Waals surface area contributed by atoms with Crippen LogP contribution in [0.5, 0.6) is 0 Å². The van der Waals surface area contributed by atoms with Gasteiger partial charge in [0.25, 0.3) is 0 Å². The van der Waals surface area contributed by atoms with Crippen molar-refractivity contribution in [3.05, 3.63) is 17.9 Å². The van der Waals surface area contributed by atoms with Gasteiger partial charge in [0.05, 0.1) is 12.1 Å². The summed E-state index contributed by atoms with van der Waals surface area (Å²) in [5, 5.41) is 8.12. The van der Waals surface area contributed by atoms with Crippen LogP contribution in [0.15, 0.2) is 17.9 Å². The summed E-state index contributed by atoms with van der Waals surface area (Å²) in [6.45, 7) is 2.20. The minimum Gasteiger partial charge on any atom is -0.192 e. The lowest BCUT2D eigenvalue weighted by Gasteiger charge is -1.91. The van der Waals surface area contributed by atoms with Gasteiger partial charge < -0.3 is 0 Å². The molecule has 0 saturated heterocycles. The first-order chi connectivity index (χ1) is 5.41. The molecule has 0 aliphatic carbocycles. The van der Waals surface area contributed by atoms with E-state index in [1.54, 1.807) is 0 Å². The van der Waals surface area contributed by atoms with Crippen molar-refractivity contribution < 1.29 is 0 Å². The summed E-state index contributed by atoms with van der Waals surface area (Å²) in [5.41, 5.74) is 2.80. The van der Waals surface area contributed by atoms with Crippen molar-refractivity contribution in [2.24, 2.45) is 0 Å². The summed E-state index contributed by atoms with van der Waals surface area (Å²) in [7, 11) is 0. The lowest BCUT2D eigenvalue weighted by Crippen LogP contribution is -1.72. The molecule has 0 unspecified atom stereocenters. The van der Waals surface area contributed by atoms with Crippen LogP contribution in [0.2, 0.25) is 0 Å². The van der Waals surface area contributed by atoms with E-state index >= 15 is 0 Å². The minimum atomic E-state index is 1.05. The van der Waals surface area contributed by atoms with E-state index in [-0.39, 0.29) is 0 Å². The number of allylic oxidation sites excluding steroid dienone is 1. The third-order valence-corrected chi connectivity index (χ3v) is 1.47. The van der Waals surface area contributed by atoms with Gasteiger partial charge in [0.15, 0.2) is 0 Å². The molecular formula is C10H15N. The van der Waals surface area contributed by atoms with Crippen LogP contribution in [0, 0.1) is 11.3 Å². The molecule has 0 fully saturated rings. The Balaban J connectivity index is 3.15. The molecule has 0 atom stereocenters. The molecule has 0 aromatic carbocycles. The van der Waals surface area contributed by atoms with Crippen LogP contribution in [-0.2, 0) is 0 Å². The first kappa shape index (κ1) is 10.0. The zero-order chi connectivity index (χ0) is 8.36. The Hall–Kier alpha value is -0.990. The molecular weight excluding hydrogens is 134 g/mol. The lowest BCUT2D eigenvalue weighted by atomic mass is 10.1. The van der Waals surface area contributed by atoms with Gasteiger partial charge in [0.2, 0.25) is 0 Å². The van der Waals surface area contributed by atoms with Gasteiger partial charge >= 0.3 is 0 Å². The first-order valence-electron chi connectivity index (χ1n) is 4.20. The van der Waals surface area contributed by atoms with Crippen molar-refractivity contribution in [2.45, 2.75) is 39.0 Å². The number of hydrogen-bond donors (Lipinski definition) is 0. The van der Waals surface area contributed by atoms with E-state index in [4.69, 9.17) is 5.26 Å². The summed E-state index contributed by atoms with van der Waals surface area (Å²) in [6, 6.07) is 1.90. The van der Waals surface area contributed by atoms with Gasteiger partial charge in [-0.2, -0.15) is 5.26 Å². The van der Waals surface area contributed by atoms with Crippen molar-refractivity contribution in [3.8, 4) is 6.07 Å². The smallest absolute Gasteiger partial charge is 0.0996 e. The highest BCUT2D eigenvalue weighted by atomic mass is 14.2. The summed E-state index contributed by atoms with van der Waals surface area (Å²) >= 11 is 0. The van der Waals surface area contributed by atoms with Crippen molar-refractivity contribution in [2.75, 3.05) is 0 Å². The number of nitriles is 1. The van der Waals surface area contributed by atoms with E-state index in [1.807, 2.05) is 12.1 Å².